The van der Waals surface area contributed by atoms with E-state index in [0.29, 0.717) is 25.5 Å². The molecule has 1 amide bonds. The first-order valence-electron chi connectivity index (χ1n) is 9.05. The Hall–Kier alpha value is -2.78. The monoisotopic (exact) mass is 399 g/mol. The van der Waals surface area contributed by atoms with E-state index in [2.05, 4.69) is 20.2 Å². The lowest BCUT2D eigenvalue weighted by Gasteiger charge is -2.25. The fourth-order valence-corrected chi connectivity index (χ4v) is 4.56. The number of nitrogens with one attached hydrogen (secondary N) is 1. The van der Waals surface area contributed by atoms with E-state index in [1.54, 1.807) is 16.8 Å². The molecule has 0 unspecified atom stereocenters. The van der Waals surface area contributed by atoms with Crippen LogP contribution >= 0.6 is 0 Å². The zero-order valence-electron chi connectivity index (χ0n) is 15.5. The number of imidazole rings is 1. The smallest absolute Gasteiger partial charge is 0.293 e. The number of aryl methyl sites for hydroxylation is 1. The standard InChI is InChI=1S/C19H21N5O3S/c1-14-5-4-7-20-17(14)22-19(25)18-21-15(16-6-2-3-8-24(16)18)13-23-9-11-28(26,27)12-10-23/h2-8H,9-13H2,1H3,(H,20,22,25). The van der Waals surface area contributed by atoms with Gasteiger partial charge in [0.1, 0.15) is 5.82 Å². The summed E-state index contributed by atoms with van der Waals surface area (Å²) in [6.45, 7) is 3.33. The van der Waals surface area contributed by atoms with Gasteiger partial charge in [-0.1, -0.05) is 12.1 Å². The minimum Gasteiger partial charge on any atom is -0.304 e. The summed E-state index contributed by atoms with van der Waals surface area (Å²) in [6, 6.07) is 9.33. The molecule has 3 aromatic rings. The van der Waals surface area contributed by atoms with Gasteiger partial charge in [-0.2, -0.15) is 0 Å². The highest BCUT2D eigenvalue weighted by molar-refractivity contribution is 7.91. The highest BCUT2D eigenvalue weighted by atomic mass is 32.2. The lowest BCUT2D eigenvalue weighted by molar-refractivity contribution is 0.101. The molecule has 1 N–H and O–H groups in total. The van der Waals surface area contributed by atoms with Crippen LogP contribution in [0.25, 0.3) is 5.52 Å². The molecular formula is C19H21N5O3S. The van der Waals surface area contributed by atoms with Crippen molar-refractivity contribution in [3.63, 3.8) is 0 Å². The van der Waals surface area contributed by atoms with Crippen LogP contribution < -0.4 is 5.32 Å². The van der Waals surface area contributed by atoms with E-state index in [1.807, 2.05) is 37.3 Å². The van der Waals surface area contributed by atoms with Gasteiger partial charge in [0.05, 0.1) is 22.7 Å². The fraction of sp³-hybridized carbons (Fsp3) is 0.316. The Morgan fingerprint density at radius 3 is 2.71 bits per heavy atom. The van der Waals surface area contributed by atoms with Crippen molar-refractivity contribution in [1.82, 2.24) is 19.3 Å². The molecule has 4 rings (SSSR count). The van der Waals surface area contributed by atoms with Crippen LogP contribution in [0.2, 0.25) is 0 Å². The van der Waals surface area contributed by atoms with Crippen LogP contribution in [-0.4, -0.2) is 58.2 Å². The molecule has 0 saturated carbocycles. The number of carbonyl (C=O) groups is 1. The number of amides is 1. The van der Waals surface area contributed by atoms with Crippen molar-refractivity contribution in [3.05, 3.63) is 59.8 Å². The maximum atomic E-state index is 12.8. The van der Waals surface area contributed by atoms with Crippen molar-refractivity contribution in [2.45, 2.75) is 13.5 Å². The van der Waals surface area contributed by atoms with Crippen LogP contribution in [0.15, 0.2) is 42.7 Å². The molecule has 9 heteroatoms. The van der Waals surface area contributed by atoms with Crippen LogP contribution in [0.3, 0.4) is 0 Å². The molecule has 146 valence electrons. The van der Waals surface area contributed by atoms with Crippen LogP contribution in [0, 0.1) is 6.92 Å². The summed E-state index contributed by atoms with van der Waals surface area (Å²) in [5.74, 6) is 0.759. The lowest BCUT2D eigenvalue weighted by atomic mass is 10.3. The van der Waals surface area contributed by atoms with Gasteiger partial charge in [0.2, 0.25) is 5.82 Å². The average Bonchev–Trinajstić information content (AvgIpc) is 3.04. The van der Waals surface area contributed by atoms with Crippen molar-refractivity contribution in [2.24, 2.45) is 0 Å². The number of fused-ring (bicyclic) bond motifs is 1. The molecule has 0 aromatic carbocycles. The Morgan fingerprint density at radius 2 is 1.96 bits per heavy atom. The topological polar surface area (TPSA) is 96.7 Å². The number of carbonyl (C=O) groups excluding carboxylic acids is 1. The van der Waals surface area contributed by atoms with Gasteiger partial charge >= 0.3 is 0 Å². The fourth-order valence-electron chi connectivity index (χ4n) is 3.28. The van der Waals surface area contributed by atoms with Gasteiger partial charge in [0, 0.05) is 32.0 Å². The summed E-state index contributed by atoms with van der Waals surface area (Å²) in [5.41, 5.74) is 2.45. The Balaban J connectivity index is 1.61. The van der Waals surface area contributed by atoms with Gasteiger partial charge in [-0.05, 0) is 30.7 Å². The molecule has 4 heterocycles. The van der Waals surface area contributed by atoms with Crippen molar-refractivity contribution >= 4 is 27.1 Å². The molecule has 1 saturated heterocycles. The van der Waals surface area contributed by atoms with Crippen LogP contribution in [0.1, 0.15) is 21.9 Å². The number of hydrogen-bond acceptors (Lipinski definition) is 6. The molecule has 0 bridgehead atoms. The molecule has 8 nitrogen and oxygen atoms in total. The van der Waals surface area contributed by atoms with E-state index in [0.717, 1.165) is 16.8 Å². The van der Waals surface area contributed by atoms with Crippen molar-refractivity contribution < 1.29 is 13.2 Å². The highest BCUT2D eigenvalue weighted by Crippen LogP contribution is 2.18. The Bertz CT molecular complexity index is 1130. The van der Waals surface area contributed by atoms with Crippen molar-refractivity contribution in [3.8, 4) is 0 Å². The third kappa shape index (κ3) is 3.76. The van der Waals surface area contributed by atoms with Gasteiger partial charge in [-0.15, -0.1) is 0 Å². The SMILES string of the molecule is Cc1cccnc1NC(=O)c1nc(CN2CCS(=O)(=O)CC2)c2ccccn12. The summed E-state index contributed by atoms with van der Waals surface area (Å²) in [4.78, 5) is 23.7. The van der Waals surface area contributed by atoms with E-state index in [9.17, 15) is 13.2 Å². The largest absolute Gasteiger partial charge is 0.304 e. The predicted octanol–water partition coefficient (Wildman–Crippen LogP) is 1.52. The Labute approximate surface area is 163 Å². The van der Waals surface area contributed by atoms with Crippen molar-refractivity contribution in [2.75, 3.05) is 29.9 Å². The number of aromatic nitrogens is 3. The predicted molar refractivity (Wildman–Crippen MR) is 106 cm³/mol. The zero-order valence-corrected chi connectivity index (χ0v) is 16.3. The van der Waals surface area contributed by atoms with Gasteiger partial charge in [-0.3, -0.25) is 14.1 Å². The lowest BCUT2D eigenvalue weighted by Crippen LogP contribution is -2.39. The number of pyridine rings is 2. The molecule has 1 aliphatic heterocycles. The van der Waals surface area contributed by atoms with Crippen LogP contribution in [0.4, 0.5) is 5.82 Å². The summed E-state index contributed by atoms with van der Waals surface area (Å²) >= 11 is 0. The third-order valence-electron chi connectivity index (χ3n) is 4.88. The highest BCUT2D eigenvalue weighted by Gasteiger charge is 2.24. The van der Waals surface area contributed by atoms with Gasteiger partial charge < -0.3 is 5.32 Å². The van der Waals surface area contributed by atoms with E-state index in [1.165, 1.54) is 0 Å². The number of nitrogens with zero attached hydrogens (tertiary/aromatic N) is 4. The molecule has 1 fully saturated rings. The summed E-state index contributed by atoms with van der Waals surface area (Å²) < 4.78 is 25.1. The van der Waals surface area contributed by atoms with Gasteiger partial charge in [0.15, 0.2) is 9.84 Å². The van der Waals surface area contributed by atoms with Gasteiger partial charge in [-0.25, -0.2) is 18.4 Å². The van der Waals surface area contributed by atoms with Gasteiger partial charge in [0.25, 0.3) is 5.91 Å². The second kappa shape index (κ2) is 7.33. The number of hydrogen-bond donors (Lipinski definition) is 1. The van der Waals surface area contributed by atoms with Crippen LogP contribution in [-0.2, 0) is 16.4 Å². The Morgan fingerprint density at radius 1 is 1.18 bits per heavy atom. The summed E-state index contributed by atoms with van der Waals surface area (Å²) in [5, 5.41) is 2.82. The molecule has 0 radical (unpaired) electrons. The second-order valence-electron chi connectivity index (χ2n) is 6.89. The Kier molecular flexibility index (Phi) is 4.86. The second-order valence-corrected chi connectivity index (χ2v) is 9.19. The number of anilines is 1. The molecule has 28 heavy (non-hydrogen) atoms. The quantitative estimate of drug-likeness (QED) is 0.715. The first kappa shape index (κ1) is 18.6. The molecule has 1 aliphatic rings. The molecular weight excluding hydrogens is 378 g/mol. The average molecular weight is 399 g/mol. The maximum absolute atomic E-state index is 12.8. The van der Waals surface area contributed by atoms with Crippen LogP contribution in [0.5, 0.6) is 0 Å². The maximum Gasteiger partial charge on any atom is 0.293 e. The van der Waals surface area contributed by atoms with Crippen molar-refractivity contribution in [1.29, 1.82) is 0 Å². The number of rotatable bonds is 4. The molecule has 0 aliphatic carbocycles. The van der Waals surface area contributed by atoms with E-state index in [4.69, 9.17) is 0 Å². The third-order valence-corrected chi connectivity index (χ3v) is 6.49. The zero-order chi connectivity index (χ0) is 19.7. The van der Waals surface area contributed by atoms with E-state index in [-0.39, 0.29) is 23.2 Å². The number of sulfone groups is 1. The summed E-state index contributed by atoms with van der Waals surface area (Å²) in [7, 11) is -2.94. The first-order valence-corrected chi connectivity index (χ1v) is 10.9. The first-order chi connectivity index (χ1) is 13.4. The van der Waals surface area contributed by atoms with E-state index < -0.39 is 9.84 Å². The minimum atomic E-state index is -2.94. The normalized spacial score (nSPS) is 16.9. The molecule has 0 atom stereocenters. The summed E-state index contributed by atoms with van der Waals surface area (Å²) in [6.07, 6.45) is 3.43. The molecule has 3 aromatic heterocycles. The molecule has 0 spiro atoms. The van der Waals surface area contributed by atoms with E-state index >= 15 is 0 Å². The minimum absolute atomic E-state index is 0.158.